The van der Waals surface area contributed by atoms with Gasteiger partial charge in [-0.3, -0.25) is 0 Å². The number of anilines is 2. The average molecular weight is 513 g/mol. The predicted octanol–water partition coefficient (Wildman–Crippen LogP) is 4.32. The van der Waals surface area contributed by atoms with E-state index in [2.05, 4.69) is 25.6 Å². The van der Waals surface area contributed by atoms with E-state index >= 15 is 0 Å². The van der Waals surface area contributed by atoms with E-state index in [1.807, 2.05) is 6.07 Å². The highest BCUT2D eigenvalue weighted by atomic mass is 35.5. The lowest BCUT2D eigenvalue weighted by Crippen LogP contribution is -2.39. The van der Waals surface area contributed by atoms with Gasteiger partial charge in [0.15, 0.2) is 5.82 Å². The molecule has 0 saturated heterocycles. The van der Waals surface area contributed by atoms with Crippen molar-refractivity contribution in [2.75, 3.05) is 10.6 Å². The summed E-state index contributed by atoms with van der Waals surface area (Å²) in [5, 5.41) is 10.9. The number of benzene rings is 1. The van der Waals surface area contributed by atoms with Gasteiger partial charge in [0.2, 0.25) is 16.0 Å². The zero-order chi connectivity index (χ0) is 24.3. The van der Waals surface area contributed by atoms with Gasteiger partial charge in [-0.15, -0.1) is 0 Å². The fraction of sp³-hybridized carbons (Fsp3) is 0.381. The summed E-state index contributed by atoms with van der Waals surface area (Å²) in [5.41, 5.74) is -0.0688. The Morgan fingerprint density at radius 3 is 2.47 bits per heavy atom. The molecule has 8 nitrogen and oxygen atoms in total. The molecule has 2 heterocycles. The summed E-state index contributed by atoms with van der Waals surface area (Å²) in [4.78, 5) is 13.1. The minimum Gasteiger partial charge on any atom is -0.354 e. The van der Waals surface area contributed by atoms with Crippen LogP contribution in [0.1, 0.15) is 42.9 Å². The SMILES string of the molecule is NS(=O)(=O)c1cc(Cl)cc(CNc2nc(NC3(C(F)(F)F)CC3)c3nc(C4CC4)ccc3n2)c1. The van der Waals surface area contributed by atoms with Gasteiger partial charge in [0, 0.05) is 23.2 Å². The summed E-state index contributed by atoms with van der Waals surface area (Å²) in [5.74, 6) is 0.371. The Balaban J connectivity index is 1.49. The lowest BCUT2D eigenvalue weighted by Gasteiger charge is -2.22. The third-order valence-corrected chi connectivity index (χ3v) is 7.03. The van der Waals surface area contributed by atoms with Gasteiger partial charge in [0.1, 0.15) is 11.1 Å². The van der Waals surface area contributed by atoms with E-state index in [9.17, 15) is 21.6 Å². The molecule has 2 aliphatic carbocycles. The Bertz CT molecular complexity index is 1390. The van der Waals surface area contributed by atoms with Crippen molar-refractivity contribution in [2.45, 2.75) is 54.8 Å². The van der Waals surface area contributed by atoms with Gasteiger partial charge >= 0.3 is 6.18 Å². The number of nitrogens with two attached hydrogens (primary N) is 1. The van der Waals surface area contributed by atoms with E-state index in [-0.39, 0.29) is 46.6 Å². The molecular weight excluding hydrogens is 493 g/mol. The van der Waals surface area contributed by atoms with Gasteiger partial charge < -0.3 is 10.6 Å². The van der Waals surface area contributed by atoms with Crippen molar-refractivity contribution in [3.05, 3.63) is 46.6 Å². The molecule has 0 unspecified atom stereocenters. The third kappa shape index (κ3) is 4.62. The number of aromatic nitrogens is 3. The van der Waals surface area contributed by atoms with Crippen LogP contribution in [0, 0.1) is 0 Å². The summed E-state index contributed by atoms with van der Waals surface area (Å²) in [6.45, 7) is 0.0615. The molecule has 0 spiro atoms. The van der Waals surface area contributed by atoms with Crippen molar-refractivity contribution in [3.63, 3.8) is 0 Å². The number of pyridine rings is 1. The van der Waals surface area contributed by atoms with Crippen LogP contribution in [-0.2, 0) is 16.6 Å². The Morgan fingerprint density at radius 1 is 1.12 bits per heavy atom. The smallest absolute Gasteiger partial charge is 0.354 e. The van der Waals surface area contributed by atoms with Crippen LogP contribution in [0.5, 0.6) is 0 Å². The molecule has 0 atom stereocenters. The van der Waals surface area contributed by atoms with E-state index in [0.29, 0.717) is 17.0 Å². The first-order valence-corrected chi connectivity index (χ1v) is 12.5. The zero-order valence-electron chi connectivity index (χ0n) is 17.7. The van der Waals surface area contributed by atoms with E-state index in [1.54, 1.807) is 6.07 Å². The van der Waals surface area contributed by atoms with Crippen LogP contribution < -0.4 is 15.8 Å². The number of primary sulfonamides is 1. The maximum atomic E-state index is 13.6. The van der Waals surface area contributed by atoms with E-state index in [1.165, 1.54) is 18.2 Å². The van der Waals surface area contributed by atoms with Crippen molar-refractivity contribution in [2.24, 2.45) is 5.14 Å². The molecule has 0 radical (unpaired) electrons. The molecule has 5 rings (SSSR count). The molecule has 13 heteroatoms. The van der Waals surface area contributed by atoms with Crippen LogP contribution >= 0.6 is 11.6 Å². The van der Waals surface area contributed by atoms with E-state index in [4.69, 9.17) is 16.7 Å². The number of hydrogen-bond acceptors (Lipinski definition) is 7. The first-order chi connectivity index (χ1) is 15.9. The zero-order valence-corrected chi connectivity index (χ0v) is 19.2. The highest BCUT2D eigenvalue weighted by Gasteiger charge is 2.64. The maximum absolute atomic E-state index is 13.6. The first-order valence-electron chi connectivity index (χ1n) is 10.5. The first kappa shape index (κ1) is 23.1. The molecule has 3 aromatic rings. The van der Waals surface area contributed by atoms with Gasteiger partial charge in [-0.05, 0) is 61.6 Å². The third-order valence-electron chi connectivity index (χ3n) is 5.92. The lowest BCUT2D eigenvalue weighted by molar-refractivity contribution is -0.151. The summed E-state index contributed by atoms with van der Waals surface area (Å²) >= 11 is 6.00. The molecule has 4 N–H and O–H groups in total. The van der Waals surface area contributed by atoms with Gasteiger partial charge in [-0.2, -0.15) is 18.2 Å². The quantitative estimate of drug-likeness (QED) is 0.430. The highest BCUT2D eigenvalue weighted by molar-refractivity contribution is 7.89. The van der Waals surface area contributed by atoms with Crippen molar-refractivity contribution in [3.8, 4) is 0 Å². The Kier molecular flexibility index (Phi) is 5.37. The molecule has 2 aliphatic rings. The van der Waals surface area contributed by atoms with E-state index < -0.39 is 21.7 Å². The molecule has 34 heavy (non-hydrogen) atoms. The Labute approximate surface area is 198 Å². The normalized spacial score (nSPS) is 17.6. The molecule has 1 aromatic carbocycles. The number of rotatable bonds is 7. The minimum absolute atomic E-state index is 0.00106. The van der Waals surface area contributed by atoms with Gasteiger partial charge in [0.05, 0.1) is 10.4 Å². The standard InChI is InChI=1S/C21H20ClF3N6O2S/c22-13-7-11(8-14(9-13)34(26,32)33)10-27-19-29-16-4-3-15(12-1-2-12)28-17(16)18(30-19)31-20(5-6-20)21(23,24)25/h3-4,7-9,12H,1-2,5-6,10H2,(H2,26,32,33)(H2,27,29,30,31). The predicted molar refractivity (Wildman–Crippen MR) is 121 cm³/mol. The average Bonchev–Trinajstić information content (AvgIpc) is 3.65. The second kappa shape index (κ2) is 7.92. The molecule has 2 fully saturated rings. The summed E-state index contributed by atoms with van der Waals surface area (Å²) in [6, 6.07) is 7.66. The summed E-state index contributed by atoms with van der Waals surface area (Å²) in [7, 11) is -3.97. The monoisotopic (exact) mass is 512 g/mol. The summed E-state index contributed by atoms with van der Waals surface area (Å²) in [6.07, 6.45) is -2.54. The molecule has 0 bridgehead atoms. The number of fused-ring (bicyclic) bond motifs is 1. The Hall–Kier alpha value is -2.70. The fourth-order valence-electron chi connectivity index (χ4n) is 3.70. The number of alkyl halides is 3. The van der Waals surface area contributed by atoms with Gasteiger partial charge in [0.25, 0.3) is 0 Å². The lowest BCUT2D eigenvalue weighted by atomic mass is 10.2. The van der Waals surface area contributed by atoms with Crippen LogP contribution in [0.4, 0.5) is 24.9 Å². The Morgan fingerprint density at radius 2 is 1.85 bits per heavy atom. The number of nitrogens with one attached hydrogen (secondary N) is 2. The molecule has 2 aromatic heterocycles. The molecular formula is C21H20ClF3N6O2S. The molecule has 0 amide bonds. The van der Waals surface area contributed by atoms with Crippen LogP contribution in [0.25, 0.3) is 11.0 Å². The maximum Gasteiger partial charge on any atom is 0.411 e. The highest BCUT2D eigenvalue weighted by Crippen LogP contribution is 2.51. The van der Waals surface area contributed by atoms with Gasteiger partial charge in [-0.1, -0.05) is 11.6 Å². The second-order valence-electron chi connectivity index (χ2n) is 8.67. The molecule has 0 aliphatic heterocycles. The van der Waals surface area contributed by atoms with Crippen LogP contribution in [0.15, 0.2) is 35.2 Å². The number of sulfonamides is 1. The minimum atomic E-state index is -4.43. The fourth-order valence-corrected chi connectivity index (χ4v) is 4.63. The topological polar surface area (TPSA) is 123 Å². The number of halogens is 4. The van der Waals surface area contributed by atoms with Crippen molar-refractivity contribution < 1.29 is 21.6 Å². The van der Waals surface area contributed by atoms with Crippen LogP contribution in [-0.4, -0.2) is 35.1 Å². The van der Waals surface area contributed by atoms with Crippen molar-refractivity contribution >= 4 is 44.4 Å². The number of hydrogen-bond donors (Lipinski definition) is 3. The molecule has 2 saturated carbocycles. The van der Waals surface area contributed by atoms with Crippen LogP contribution in [0.2, 0.25) is 5.02 Å². The van der Waals surface area contributed by atoms with Crippen molar-refractivity contribution in [1.29, 1.82) is 0 Å². The second-order valence-corrected chi connectivity index (χ2v) is 10.7. The van der Waals surface area contributed by atoms with Crippen molar-refractivity contribution in [1.82, 2.24) is 15.0 Å². The van der Waals surface area contributed by atoms with Gasteiger partial charge in [-0.25, -0.2) is 23.5 Å². The van der Waals surface area contributed by atoms with Crippen LogP contribution in [0.3, 0.4) is 0 Å². The summed E-state index contributed by atoms with van der Waals surface area (Å²) < 4.78 is 64.2. The number of nitrogens with zero attached hydrogens (tertiary/aromatic N) is 3. The van der Waals surface area contributed by atoms with E-state index in [0.717, 1.165) is 18.5 Å². The molecule has 180 valence electrons. The largest absolute Gasteiger partial charge is 0.411 e.